The molecule has 0 amide bonds. The monoisotopic (exact) mass is 256 g/mol. The number of rotatable bonds is 1. The van der Waals surface area contributed by atoms with Gasteiger partial charge in [0.25, 0.3) is 0 Å². The zero-order valence-corrected chi connectivity index (χ0v) is 11.5. The van der Waals surface area contributed by atoms with Gasteiger partial charge in [-0.05, 0) is 26.1 Å². The van der Waals surface area contributed by atoms with Crippen LogP contribution in [-0.4, -0.2) is 42.6 Å². The van der Waals surface area contributed by atoms with Gasteiger partial charge in [-0.1, -0.05) is 12.1 Å². The number of piperazine rings is 1. The molecule has 100 valence electrons. The largest absolute Gasteiger partial charge is 0.397 e. The van der Waals surface area contributed by atoms with Crippen LogP contribution in [0.5, 0.6) is 0 Å². The van der Waals surface area contributed by atoms with E-state index in [-0.39, 0.29) is 0 Å². The second-order valence-electron chi connectivity index (χ2n) is 5.38. The molecule has 1 saturated heterocycles. The van der Waals surface area contributed by atoms with Gasteiger partial charge in [-0.15, -0.1) is 0 Å². The quantitative estimate of drug-likeness (QED) is 0.792. The normalized spacial score (nSPS) is 20.9. The van der Waals surface area contributed by atoms with Crippen LogP contribution in [0.3, 0.4) is 0 Å². The first-order valence-corrected chi connectivity index (χ1v) is 6.75. The van der Waals surface area contributed by atoms with Crippen LogP contribution in [-0.2, 0) is 0 Å². The molecule has 1 aliphatic rings. The minimum absolute atomic E-state index is 0.505. The van der Waals surface area contributed by atoms with E-state index in [1.165, 1.54) is 5.69 Å². The summed E-state index contributed by atoms with van der Waals surface area (Å²) in [6.07, 6.45) is 1.86. The van der Waals surface area contributed by atoms with Gasteiger partial charge in [-0.25, -0.2) is 0 Å². The summed E-state index contributed by atoms with van der Waals surface area (Å²) in [5, 5.41) is 1.15. The SMILES string of the molecule is CC1CN(C)CCN1c1ccnc2c(N)cccc12. The summed E-state index contributed by atoms with van der Waals surface area (Å²) in [7, 11) is 2.18. The first kappa shape index (κ1) is 12.2. The van der Waals surface area contributed by atoms with E-state index in [2.05, 4.69) is 40.9 Å². The molecule has 0 spiro atoms. The predicted octanol–water partition coefficient (Wildman–Crippen LogP) is 1.96. The highest BCUT2D eigenvalue weighted by Crippen LogP contribution is 2.30. The average Bonchev–Trinajstić information content (AvgIpc) is 2.39. The Morgan fingerprint density at radius 3 is 2.89 bits per heavy atom. The standard InChI is InChI=1S/C15H20N4/c1-11-10-18(2)8-9-19(11)14-6-7-17-15-12(14)4-3-5-13(15)16/h3-7,11H,8-10,16H2,1-2H3. The Labute approximate surface area is 113 Å². The Morgan fingerprint density at radius 2 is 2.11 bits per heavy atom. The molecule has 1 unspecified atom stereocenters. The zero-order valence-electron chi connectivity index (χ0n) is 11.5. The van der Waals surface area contributed by atoms with Gasteiger partial charge in [0.15, 0.2) is 0 Å². The number of benzene rings is 1. The average molecular weight is 256 g/mol. The van der Waals surface area contributed by atoms with Crippen molar-refractivity contribution in [2.75, 3.05) is 37.3 Å². The van der Waals surface area contributed by atoms with Crippen molar-refractivity contribution < 1.29 is 0 Å². The molecule has 1 fully saturated rings. The van der Waals surface area contributed by atoms with Crippen molar-refractivity contribution >= 4 is 22.3 Å². The number of pyridine rings is 1. The van der Waals surface area contributed by atoms with Gasteiger partial charge in [0.05, 0.1) is 11.2 Å². The molecule has 0 radical (unpaired) electrons. The van der Waals surface area contributed by atoms with Gasteiger partial charge < -0.3 is 15.5 Å². The van der Waals surface area contributed by atoms with Crippen molar-refractivity contribution in [3.63, 3.8) is 0 Å². The molecule has 19 heavy (non-hydrogen) atoms. The highest BCUT2D eigenvalue weighted by atomic mass is 15.3. The lowest BCUT2D eigenvalue weighted by Crippen LogP contribution is -2.50. The number of hydrogen-bond donors (Lipinski definition) is 1. The van der Waals surface area contributed by atoms with Gasteiger partial charge in [0, 0.05) is 42.9 Å². The Hall–Kier alpha value is -1.81. The maximum Gasteiger partial charge on any atom is 0.0951 e. The molecule has 2 N–H and O–H groups in total. The van der Waals surface area contributed by atoms with Crippen molar-refractivity contribution in [3.05, 3.63) is 30.5 Å². The van der Waals surface area contributed by atoms with Crippen LogP contribution in [0.2, 0.25) is 0 Å². The van der Waals surface area contributed by atoms with Crippen LogP contribution < -0.4 is 10.6 Å². The lowest BCUT2D eigenvalue weighted by molar-refractivity contribution is 0.276. The summed E-state index contributed by atoms with van der Waals surface area (Å²) in [5.74, 6) is 0. The highest BCUT2D eigenvalue weighted by molar-refractivity contribution is 5.98. The maximum atomic E-state index is 6.02. The number of nitrogens with zero attached hydrogens (tertiary/aromatic N) is 3. The van der Waals surface area contributed by atoms with Gasteiger partial charge in [-0.3, -0.25) is 4.98 Å². The summed E-state index contributed by atoms with van der Waals surface area (Å²) >= 11 is 0. The van der Waals surface area contributed by atoms with E-state index in [4.69, 9.17) is 5.73 Å². The molecule has 1 aromatic heterocycles. The van der Waals surface area contributed by atoms with Crippen molar-refractivity contribution in [1.29, 1.82) is 0 Å². The van der Waals surface area contributed by atoms with E-state index >= 15 is 0 Å². The molecule has 3 rings (SSSR count). The lowest BCUT2D eigenvalue weighted by Gasteiger charge is -2.40. The van der Waals surface area contributed by atoms with E-state index in [1.54, 1.807) is 0 Å². The molecule has 0 saturated carbocycles. The smallest absolute Gasteiger partial charge is 0.0951 e. The highest BCUT2D eigenvalue weighted by Gasteiger charge is 2.23. The van der Waals surface area contributed by atoms with Crippen molar-refractivity contribution in [3.8, 4) is 0 Å². The molecule has 1 atom stereocenters. The number of aromatic nitrogens is 1. The van der Waals surface area contributed by atoms with Crippen molar-refractivity contribution in [2.24, 2.45) is 0 Å². The molecule has 2 heterocycles. The van der Waals surface area contributed by atoms with Crippen LogP contribution in [0.4, 0.5) is 11.4 Å². The number of nitrogen functional groups attached to an aromatic ring is 1. The third-order valence-electron chi connectivity index (χ3n) is 3.92. The molecule has 4 heteroatoms. The van der Waals surface area contributed by atoms with E-state index in [0.29, 0.717) is 6.04 Å². The van der Waals surface area contributed by atoms with E-state index in [0.717, 1.165) is 36.2 Å². The number of nitrogens with two attached hydrogens (primary N) is 1. The molecule has 4 nitrogen and oxygen atoms in total. The van der Waals surface area contributed by atoms with Crippen LogP contribution in [0.15, 0.2) is 30.5 Å². The van der Waals surface area contributed by atoms with Gasteiger partial charge in [0.2, 0.25) is 0 Å². The third kappa shape index (κ3) is 2.12. The molecular weight excluding hydrogens is 236 g/mol. The maximum absolute atomic E-state index is 6.02. The Morgan fingerprint density at radius 1 is 1.26 bits per heavy atom. The van der Waals surface area contributed by atoms with Crippen LogP contribution in [0, 0.1) is 0 Å². The van der Waals surface area contributed by atoms with E-state index in [1.807, 2.05) is 18.3 Å². The van der Waals surface area contributed by atoms with E-state index < -0.39 is 0 Å². The van der Waals surface area contributed by atoms with Crippen molar-refractivity contribution in [1.82, 2.24) is 9.88 Å². The Bertz CT molecular complexity index is 596. The molecular formula is C15H20N4. The first-order valence-electron chi connectivity index (χ1n) is 6.75. The van der Waals surface area contributed by atoms with Crippen LogP contribution in [0.25, 0.3) is 10.9 Å². The predicted molar refractivity (Wildman–Crippen MR) is 80.5 cm³/mol. The number of anilines is 2. The van der Waals surface area contributed by atoms with Crippen molar-refractivity contribution in [2.45, 2.75) is 13.0 Å². The zero-order chi connectivity index (χ0) is 13.4. The minimum Gasteiger partial charge on any atom is -0.397 e. The number of likely N-dealkylation sites (N-methyl/N-ethyl adjacent to an activating group) is 1. The summed E-state index contributed by atoms with van der Waals surface area (Å²) in [5.41, 5.74) is 8.93. The molecule has 1 aromatic carbocycles. The van der Waals surface area contributed by atoms with Gasteiger partial charge in [-0.2, -0.15) is 0 Å². The fourth-order valence-electron chi connectivity index (χ4n) is 2.93. The Balaban J connectivity index is 2.08. The van der Waals surface area contributed by atoms with E-state index in [9.17, 15) is 0 Å². The first-order chi connectivity index (χ1) is 9.16. The number of hydrogen-bond acceptors (Lipinski definition) is 4. The summed E-state index contributed by atoms with van der Waals surface area (Å²) in [6, 6.07) is 8.63. The number of fused-ring (bicyclic) bond motifs is 1. The van der Waals surface area contributed by atoms with Gasteiger partial charge >= 0.3 is 0 Å². The topological polar surface area (TPSA) is 45.4 Å². The number of para-hydroxylation sites is 1. The molecule has 0 aliphatic carbocycles. The fraction of sp³-hybridized carbons (Fsp3) is 0.400. The minimum atomic E-state index is 0.505. The van der Waals surface area contributed by atoms with Crippen LogP contribution >= 0.6 is 0 Å². The summed E-state index contributed by atoms with van der Waals surface area (Å²) in [6.45, 7) is 5.50. The van der Waals surface area contributed by atoms with Crippen LogP contribution in [0.1, 0.15) is 6.92 Å². The molecule has 2 aromatic rings. The second-order valence-corrected chi connectivity index (χ2v) is 5.38. The second kappa shape index (κ2) is 4.70. The Kier molecular flexibility index (Phi) is 3.03. The summed E-state index contributed by atoms with van der Waals surface area (Å²) < 4.78 is 0. The molecule has 0 bridgehead atoms. The lowest BCUT2D eigenvalue weighted by atomic mass is 10.1. The van der Waals surface area contributed by atoms with Gasteiger partial charge in [0.1, 0.15) is 0 Å². The summed E-state index contributed by atoms with van der Waals surface area (Å²) in [4.78, 5) is 9.25. The molecule has 1 aliphatic heterocycles. The fourth-order valence-corrected chi connectivity index (χ4v) is 2.93. The third-order valence-corrected chi connectivity index (χ3v) is 3.92.